The van der Waals surface area contributed by atoms with Gasteiger partial charge in [0.25, 0.3) is 5.91 Å². The van der Waals surface area contributed by atoms with Crippen molar-refractivity contribution in [1.82, 2.24) is 15.5 Å². The van der Waals surface area contributed by atoms with Crippen molar-refractivity contribution in [2.45, 2.75) is 63.7 Å². The highest BCUT2D eigenvalue weighted by atomic mass is 16.3. The van der Waals surface area contributed by atoms with E-state index in [1.165, 1.54) is 43.9 Å². The normalized spacial score (nSPS) is 15.0. The van der Waals surface area contributed by atoms with Gasteiger partial charge >= 0.3 is 0 Å². The van der Waals surface area contributed by atoms with Crippen LogP contribution in [0.1, 0.15) is 59.3 Å². The van der Waals surface area contributed by atoms with Crippen LogP contribution in [0.5, 0.6) is 0 Å². The average molecular weight is 474 g/mol. The minimum atomic E-state index is -0.716. The number of furan rings is 1. The van der Waals surface area contributed by atoms with Gasteiger partial charge in [0.1, 0.15) is 6.04 Å². The Morgan fingerprint density at radius 3 is 2.37 bits per heavy atom. The second kappa shape index (κ2) is 12.4. The molecule has 1 heterocycles. The lowest BCUT2D eigenvalue weighted by Gasteiger charge is -2.31. The van der Waals surface area contributed by atoms with Gasteiger partial charge in [-0.2, -0.15) is 0 Å². The van der Waals surface area contributed by atoms with E-state index in [0.717, 1.165) is 17.7 Å². The highest BCUT2D eigenvalue weighted by Gasteiger charge is 2.23. The second-order valence-corrected chi connectivity index (χ2v) is 9.39. The fraction of sp³-hybridized carbons (Fsp3) is 0.379. The van der Waals surface area contributed by atoms with Crippen LogP contribution in [0, 0.1) is 0 Å². The van der Waals surface area contributed by atoms with Crippen molar-refractivity contribution in [3.63, 3.8) is 0 Å². The van der Waals surface area contributed by atoms with Gasteiger partial charge in [0.05, 0.1) is 6.26 Å². The summed E-state index contributed by atoms with van der Waals surface area (Å²) in [4.78, 5) is 28.3. The molecule has 184 valence electrons. The molecule has 0 saturated heterocycles. The van der Waals surface area contributed by atoms with Crippen molar-refractivity contribution in [2.24, 2.45) is 0 Å². The number of carbonyl (C=O) groups is 2. The van der Waals surface area contributed by atoms with Gasteiger partial charge in [-0.1, -0.05) is 73.9 Å². The van der Waals surface area contributed by atoms with E-state index >= 15 is 0 Å². The van der Waals surface area contributed by atoms with Gasteiger partial charge < -0.3 is 15.1 Å². The molecule has 0 bridgehead atoms. The summed E-state index contributed by atoms with van der Waals surface area (Å²) in [6, 6.07) is 21.1. The number of hydrogen-bond donors (Lipinski definition) is 2. The Balaban J connectivity index is 1.41. The first-order valence-electron chi connectivity index (χ1n) is 12.5. The third-order valence-electron chi connectivity index (χ3n) is 6.84. The molecule has 2 N–H and O–H groups in total. The van der Waals surface area contributed by atoms with Crippen LogP contribution >= 0.6 is 0 Å². The SMILES string of the molecule is CN(Cc1ccccc1CNC(=O)C(Cc1ccccc1)NC(=O)c1ccco1)C1CCCCC1. The zero-order chi connectivity index (χ0) is 24.5. The molecule has 6 nitrogen and oxygen atoms in total. The number of carbonyl (C=O) groups excluding carboxylic acids is 2. The number of amides is 2. The third-order valence-corrected chi connectivity index (χ3v) is 6.84. The van der Waals surface area contributed by atoms with Gasteiger partial charge in [-0.25, -0.2) is 0 Å². The van der Waals surface area contributed by atoms with Gasteiger partial charge in [-0.05, 0) is 48.7 Å². The predicted molar refractivity (Wildman–Crippen MR) is 137 cm³/mol. The summed E-state index contributed by atoms with van der Waals surface area (Å²) < 4.78 is 5.21. The van der Waals surface area contributed by atoms with E-state index in [0.29, 0.717) is 19.0 Å². The molecule has 1 unspecified atom stereocenters. The quantitative estimate of drug-likeness (QED) is 0.448. The van der Waals surface area contributed by atoms with Gasteiger partial charge in [-0.3, -0.25) is 14.5 Å². The highest BCUT2D eigenvalue weighted by molar-refractivity contribution is 5.95. The summed E-state index contributed by atoms with van der Waals surface area (Å²) >= 11 is 0. The Hall–Kier alpha value is -3.38. The molecule has 2 amide bonds. The number of nitrogens with one attached hydrogen (secondary N) is 2. The molecule has 2 aromatic carbocycles. The Kier molecular flexibility index (Phi) is 8.74. The van der Waals surface area contributed by atoms with Crippen LogP contribution in [0.15, 0.2) is 77.4 Å². The van der Waals surface area contributed by atoms with Crippen LogP contribution in [0.4, 0.5) is 0 Å². The predicted octanol–water partition coefficient (Wildman–Crippen LogP) is 4.70. The maximum atomic E-state index is 13.2. The van der Waals surface area contributed by atoms with Crippen LogP contribution in [0.25, 0.3) is 0 Å². The van der Waals surface area contributed by atoms with Crippen molar-refractivity contribution >= 4 is 11.8 Å². The number of nitrogens with zero attached hydrogens (tertiary/aromatic N) is 1. The van der Waals surface area contributed by atoms with E-state index < -0.39 is 11.9 Å². The molecule has 1 aliphatic rings. The molecule has 1 fully saturated rings. The standard InChI is InChI=1S/C29H35N3O3/c1-32(25-15-6-3-7-16-25)21-24-14-9-8-13-23(24)20-30-28(33)26(19-22-11-4-2-5-12-22)31-29(34)27-17-10-18-35-27/h2,4-5,8-14,17-18,25-26H,3,6-7,15-16,19-21H2,1H3,(H,30,33)(H,31,34). The van der Waals surface area contributed by atoms with Crippen molar-refractivity contribution < 1.29 is 14.0 Å². The third kappa shape index (κ3) is 7.06. The maximum absolute atomic E-state index is 13.2. The number of hydrogen-bond acceptors (Lipinski definition) is 4. The van der Waals surface area contributed by atoms with Crippen LogP contribution in [0.3, 0.4) is 0 Å². The lowest BCUT2D eigenvalue weighted by atomic mass is 9.94. The van der Waals surface area contributed by atoms with Gasteiger partial charge in [0.2, 0.25) is 5.91 Å². The highest BCUT2D eigenvalue weighted by Crippen LogP contribution is 2.23. The lowest BCUT2D eigenvalue weighted by Crippen LogP contribution is -2.47. The van der Waals surface area contributed by atoms with Gasteiger partial charge in [0.15, 0.2) is 5.76 Å². The first-order valence-corrected chi connectivity index (χ1v) is 12.5. The van der Waals surface area contributed by atoms with E-state index in [1.807, 2.05) is 36.4 Å². The van der Waals surface area contributed by atoms with Crippen molar-refractivity contribution in [2.75, 3.05) is 7.05 Å². The molecule has 6 heteroatoms. The average Bonchev–Trinajstić information content (AvgIpc) is 3.44. The Morgan fingerprint density at radius 2 is 1.66 bits per heavy atom. The molecule has 1 aliphatic carbocycles. The van der Waals surface area contributed by atoms with Crippen LogP contribution in [0.2, 0.25) is 0 Å². The van der Waals surface area contributed by atoms with Crippen LogP contribution in [-0.2, 0) is 24.3 Å². The Morgan fingerprint density at radius 1 is 0.943 bits per heavy atom. The largest absolute Gasteiger partial charge is 0.459 e. The van der Waals surface area contributed by atoms with E-state index in [2.05, 4.69) is 40.8 Å². The fourth-order valence-corrected chi connectivity index (χ4v) is 4.81. The van der Waals surface area contributed by atoms with E-state index in [-0.39, 0.29) is 11.7 Å². The topological polar surface area (TPSA) is 74.6 Å². The first kappa shape index (κ1) is 24.7. The molecule has 4 rings (SSSR count). The number of rotatable bonds is 10. The summed E-state index contributed by atoms with van der Waals surface area (Å²) in [5, 5.41) is 5.90. The van der Waals surface area contributed by atoms with Crippen LogP contribution < -0.4 is 10.6 Å². The summed E-state index contributed by atoms with van der Waals surface area (Å²) in [6.07, 6.45) is 8.30. The molecule has 3 aromatic rings. The Bertz CT molecular complexity index is 1080. The molecule has 1 atom stereocenters. The van der Waals surface area contributed by atoms with Crippen molar-refractivity contribution in [3.8, 4) is 0 Å². The van der Waals surface area contributed by atoms with Crippen LogP contribution in [-0.4, -0.2) is 35.8 Å². The zero-order valence-electron chi connectivity index (χ0n) is 20.4. The Labute approximate surface area is 207 Å². The van der Waals surface area contributed by atoms with Crippen molar-refractivity contribution in [1.29, 1.82) is 0 Å². The molecule has 1 saturated carbocycles. The summed E-state index contributed by atoms with van der Waals surface area (Å²) in [5.74, 6) is -0.434. The molecule has 0 spiro atoms. The smallest absolute Gasteiger partial charge is 0.287 e. The first-order chi connectivity index (χ1) is 17.1. The molecular weight excluding hydrogens is 438 g/mol. The summed E-state index contributed by atoms with van der Waals surface area (Å²) in [6.45, 7) is 1.27. The second-order valence-electron chi connectivity index (χ2n) is 9.39. The molecule has 1 aromatic heterocycles. The van der Waals surface area contributed by atoms with E-state index in [4.69, 9.17) is 4.42 Å². The van der Waals surface area contributed by atoms with Crippen molar-refractivity contribution in [3.05, 3.63) is 95.4 Å². The van der Waals surface area contributed by atoms with E-state index in [9.17, 15) is 9.59 Å². The maximum Gasteiger partial charge on any atom is 0.287 e. The lowest BCUT2D eigenvalue weighted by molar-refractivity contribution is -0.123. The van der Waals surface area contributed by atoms with Gasteiger partial charge in [0, 0.05) is 25.6 Å². The minimum Gasteiger partial charge on any atom is -0.459 e. The fourth-order valence-electron chi connectivity index (χ4n) is 4.81. The molecule has 0 aliphatic heterocycles. The monoisotopic (exact) mass is 473 g/mol. The molecule has 35 heavy (non-hydrogen) atoms. The number of benzene rings is 2. The van der Waals surface area contributed by atoms with E-state index in [1.54, 1.807) is 12.1 Å². The summed E-state index contributed by atoms with van der Waals surface area (Å²) in [5.41, 5.74) is 3.29. The zero-order valence-corrected chi connectivity index (χ0v) is 20.4. The molecule has 0 radical (unpaired) electrons. The minimum absolute atomic E-state index is 0.187. The van der Waals surface area contributed by atoms with Gasteiger partial charge in [-0.15, -0.1) is 0 Å². The summed E-state index contributed by atoms with van der Waals surface area (Å²) in [7, 11) is 2.20. The molecular formula is C29H35N3O3.